The maximum Gasteiger partial charge on any atom is 0.0624 e. The molecule has 0 amide bonds. The van der Waals surface area contributed by atoms with E-state index in [1.165, 1.54) is 0 Å². The molecule has 1 fully saturated rings. The molecule has 1 saturated heterocycles. The minimum absolute atomic E-state index is 0.0805. The van der Waals surface area contributed by atoms with E-state index >= 15 is 0 Å². The zero-order chi connectivity index (χ0) is 12.9. The number of ether oxygens (including phenoxy) is 2. The molecule has 0 spiro atoms. The minimum Gasteiger partial charge on any atom is -0.383 e. The van der Waals surface area contributed by atoms with Crippen molar-refractivity contribution < 1.29 is 9.47 Å². The normalized spacial score (nSPS) is 31.1. The largest absolute Gasteiger partial charge is 0.383 e. The molecular weight excluding hydrogens is 216 g/mol. The van der Waals surface area contributed by atoms with Gasteiger partial charge < -0.3 is 15.2 Å². The van der Waals surface area contributed by atoms with E-state index < -0.39 is 0 Å². The Balaban J connectivity index is 2.58. The number of nitrogens with two attached hydrogens (primary N) is 1. The van der Waals surface area contributed by atoms with Gasteiger partial charge in [0.1, 0.15) is 0 Å². The lowest BCUT2D eigenvalue weighted by Gasteiger charge is -2.37. The summed E-state index contributed by atoms with van der Waals surface area (Å²) in [5.41, 5.74) is 6.23. The Bertz CT molecular complexity index is 225. The zero-order valence-corrected chi connectivity index (χ0v) is 11.7. The van der Waals surface area contributed by atoms with E-state index in [2.05, 4.69) is 25.7 Å². The maximum atomic E-state index is 6.15. The van der Waals surface area contributed by atoms with Crippen molar-refractivity contribution in [3.63, 3.8) is 0 Å². The van der Waals surface area contributed by atoms with E-state index in [0.29, 0.717) is 12.6 Å². The number of hydrogen-bond acceptors (Lipinski definition) is 4. The molecule has 3 unspecified atom stereocenters. The first kappa shape index (κ1) is 14.9. The highest BCUT2D eigenvalue weighted by molar-refractivity contribution is 4.93. The summed E-state index contributed by atoms with van der Waals surface area (Å²) in [6.07, 6.45) is 1.15. The zero-order valence-electron chi connectivity index (χ0n) is 11.7. The van der Waals surface area contributed by atoms with Gasteiger partial charge in [-0.2, -0.15) is 0 Å². The Hall–Kier alpha value is -0.160. The smallest absolute Gasteiger partial charge is 0.0624 e. The Morgan fingerprint density at radius 3 is 2.76 bits per heavy atom. The molecule has 0 bridgehead atoms. The molecule has 0 aromatic heterocycles. The quantitative estimate of drug-likeness (QED) is 0.728. The Morgan fingerprint density at radius 2 is 2.29 bits per heavy atom. The highest BCUT2D eigenvalue weighted by Crippen LogP contribution is 2.29. The van der Waals surface area contributed by atoms with Crippen molar-refractivity contribution in [3.05, 3.63) is 0 Å². The number of nitrogens with zero attached hydrogens (tertiary/aromatic N) is 1. The summed E-state index contributed by atoms with van der Waals surface area (Å²) < 4.78 is 10.7. The minimum atomic E-state index is 0.0805. The van der Waals surface area contributed by atoms with Crippen molar-refractivity contribution in [2.45, 2.75) is 39.3 Å². The fraction of sp³-hybridized carbons (Fsp3) is 1.00. The molecule has 1 aliphatic heterocycles. The second kappa shape index (κ2) is 6.69. The van der Waals surface area contributed by atoms with E-state index in [4.69, 9.17) is 15.2 Å². The Morgan fingerprint density at radius 1 is 1.59 bits per heavy atom. The molecule has 0 aliphatic carbocycles. The maximum absolute atomic E-state index is 6.15. The van der Waals surface area contributed by atoms with Gasteiger partial charge >= 0.3 is 0 Å². The van der Waals surface area contributed by atoms with Gasteiger partial charge in [0.25, 0.3) is 0 Å². The molecular formula is C13H28N2O2. The molecule has 1 aliphatic rings. The molecule has 17 heavy (non-hydrogen) atoms. The van der Waals surface area contributed by atoms with Gasteiger partial charge in [-0.15, -0.1) is 0 Å². The summed E-state index contributed by atoms with van der Waals surface area (Å²) in [6.45, 7) is 10.9. The van der Waals surface area contributed by atoms with E-state index in [1.54, 1.807) is 7.11 Å². The van der Waals surface area contributed by atoms with Crippen molar-refractivity contribution in [3.8, 4) is 0 Å². The third kappa shape index (κ3) is 3.91. The van der Waals surface area contributed by atoms with Crippen LogP contribution in [0.2, 0.25) is 0 Å². The third-order valence-electron chi connectivity index (χ3n) is 3.99. The molecule has 3 atom stereocenters. The Labute approximate surface area is 105 Å². The summed E-state index contributed by atoms with van der Waals surface area (Å²) >= 11 is 0. The first-order valence-electron chi connectivity index (χ1n) is 6.59. The molecule has 0 aromatic rings. The number of hydrogen-bond donors (Lipinski definition) is 1. The monoisotopic (exact) mass is 244 g/mol. The standard InChI is InChI=1S/C13H28N2O2/c1-5-11(2)15(6-7-16-4)9-13(3)10-17-8-12(13)14/h11-12H,5-10,14H2,1-4H3. The van der Waals surface area contributed by atoms with E-state index in [0.717, 1.165) is 32.7 Å². The average Bonchev–Trinajstić information content (AvgIpc) is 2.64. The molecule has 4 nitrogen and oxygen atoms in total. The Kier molecular flexibility index (Phi) is 5.86. The van der Waals surface area contributed by atoms with E-state index in [1.807, 2.05) is 0 Å². The van der Waals surface area contributed by atoms with Crippen LogP contribution in [-0.2, 0) is 9.47 Å². The summed E-state index contributed by atoms with van der Waals surface area (Å²) in [5, 5.41) is 0. The molecule has 0 aromatic carbocycles. The molecule has 2 N–H and O–H groups in total. The fourth-order valence-corrected chi connectivity index (χ4v) is 2.28. The molecule has 4 heteroatoms. The summed E-state index contributed by atoms with van der Waals surface area (Å²) in [6, 6.07) is 0.714. The molecule has 0 radical (unpaired) electrons. The van der Waals surface area contributed by atoms with Crippen LogP contribution in [-0.4, -0.2) is 57.0 Å². The van der Waals surface area contributed by atoms with Crippen molar-refractivity contribution in [2.75, 3.05) is 40.0 Å². The summed E-state index contributed by atoms with van der Waals surface area (Å²) in [4.78, 5) is 2.47. The number of rotatable bonds is 7. The SMILES string of the molecule is CCC(C)N(CCOC)CC1(C)COCC1N. The highest BCUT2D eigenvalue weighted by atomic mass is 16.5. The van der Waals surface area contributed by atoms with Crippen LogP contribution < -0.4 is 5.73 Å². The van der Waals surface area contributed by atoms with E-state index in [9.17, 15) is 0 Å². The van der Waals surface area contributed by atoms with Crippen molar-refractivity contribution >= 4 is 0 Å². The van der Waals surface area contributed by atoms with Crippen LogP contribution in [0.5, 0.6) is 0 Å². The summed E-state index contributed by atoms with van der Waals surface area (Å²) in [5.74, 6) is 0. The average molecular weight is 244 g/mol. The molecule has 1 rings (SSSR count). The van der Waals surface area contributed by atoms with Crippen LogP contribution in [0.3, 0.4) is 0 Å². The van der Waals surface area contributed by atoms with Gasteiger partial charge in [0.2, 0.25) is 0 Å². The van der Waals surface area contributed by atoms with Crippen molar-refractivity contribution in [1.29, 1.82) is 0 Å². The second-order valence-corrected chi connectivity index (χ2v) is 5.50. The molecule has 102 valence electrons. The highest BCUT2D eigenvalue weighted by Gasteiger charge is 2.39. The summed E-state index contributed by atoms with van der Waals surface area (Å²) in [7, 11) is 1.75. The van der Waals surface area contributed by atoms with Gasteiger partial charge in [-0.25, -0.2) is 0 Å². The van der Waals surface area contributed by atoms with Crippen molar-refractivity contribution in [1.82, 2.24) is 4.90 Å². The predicted octanol–water partition coefficient (Wildman–Crippen LogP) is 1.10. The van der Waals surface area contributed by atoms with Crippen LogP contribution in [0.25, 0.3) is 0 Å². The number of methoxy groups -OCH3 is 1. The van der Waals surface area contributed by atoms with Gasteiger partial charge in [0, 0.05) is 37.7 Å². The lowest BCUT2D eigenvalue weighted by molar-refractivity contribution is 0.0707. The lowest BCUT2D eigenvalue weighted by Crippen LogP contribution is -2.49. The van der Waals surface area contributed by atoms with Gasteiger partial charge in [-0.05, 0) is 13.3 Å². The molecule has 0 saturated carbocycles. The van der Waals surface area contributed by atoms with Gasteiger partial charge in [-0.1, -0.05) is 13.8 Å². The van der Waals surface area contributed by atoms with E-state index in [-0.39, 0.29) is 11.5 Å². The predicted molar refractivity (Wildman–Crippen MR) is 70.1 cm³/mol. The second-order valence-electron chi connectivity index (χ2n) is 5.50. The van der Waals surface area contributed by atoms with Crippen LogP contribution >= 0.6 is 0 Å². The fourth-order valence-electron chi connectivity index (χ4n) is 2.28. The van der Waals surface area contributed by atoms with Crippen LogP contribution in [0, 0.1) is 5.41 Å². The molecule has 1 heterocycles. The third-order valence-corrected chi connectivity index (χ3v) is 3.99. The van der Waals surface area contributed by atoms with Gasteiger partial charge in [0.15, 0.2) is 0 Å². The first-order chi connectivity index (χ1) is 8.03. The van der Waals surface area contributed by atoms with Gasteiger partial charge in [0.05, 0.1) is 19.8 Å². The lowest BCUT2D eigenvalue weighted by atomic mass is 9.85. The topological polar surface area (TPSA) is 47.7 Å². The van der Waals surface area contributed by atoms with Crippen LogP contribution in [0.4, 0.5) is 0 Å². The van der Waals surface area contributed by atoms with Crippen LogP contribution in [0.1, 0.15) is 27.2 Å². The van der Waals surface area contributed by atoms with Crippen molar-refractivity contribution in [2.24, 2.45) is 11.1 Å². The first-order valence-corrected chi connectivity index (χ1v) is 6.59. The van der Waals surface area contributed by atoms with Gasteiger partial charge in [-0.3, -0.25) is 4.90 Å². The van der Waals surface area contributed by atoms with Crippen LogP contribution in [0.15, 0.2) is 0 Å².